The highest BCUT2D eigenvalue weighted by atomic mass is 32.2. The van der Waals surface area contributed by atoms with Gasteiger partial charge >= 0.3 is 0 Å². The average Bonchev–Trinajstić information content (AvgIpc) is 3.07. The molecule has 0 saturated carbocycles. The van der Waals surface area contributed by atoms with Crippen LogP contribution in [0.1, 0.15) is 30.6 Å². The zero-order valence-electron chi connectivity index (χ0n) is 12.4. The molecule has 22 heavy (non-hydrogen) atoms. The maximum Gasteiger partial charge on any atom is 0.244 e. The SMILES string of the molecule is O=S(=O)(c1cccnc1)N1CCCC[C@@H]1CCc1cccs1. The minimum atomic E-state index is -3.43. The summed E-state index contributed by atoms with van der Waals surface area (Å²) in [4.78, 5) is 5.58. The average molecular weight is 336 g/mol. The molecular weight excluding hydrogens is 316 g/mol. The van der Waals surface area contributed by atoms with E-state index in [1.165, 1.54) is 11.1 Å². The second-order valence-corrected chi connectivity index (χ2v) is 8.49. The van der Waals surface area contributed by atoms with Crippen LogP contribution in [0.5, 0.6) is 0 Å². The molecule has 0 radical (unpaired) electrons. The van der Waals surface area contributed by atoms with Crippen LogP contribution in [0.15, 0.2) is 46.9 Å². The van der Waals surface area contributed by atoms with E-state index in [0.29, 0.717) is 11.4 Å². The third-order valence-electron chi connectivity index (χ3n) is 4.12. The number of aryl methyl sites for hydroxylation is 1. The van der Waals surface area contributed by atoms with Gasteiger partial charge in [-0.25, -0.2) is 8.42 Å². The molecule has 3 heterocycles. The van der Waals surface area contributed by atoms with Gasteiger partial charge in [0.25, 0.3) is 0 Å². The van der Waals surface area contributed by atoms with E-state index >= 15 is 0 Å². The lowest BCUT2D eigenvalue weighted by Gasteiger charge is -2.34. The molecular formula is C16H20N2O2S2. The number of rotatable bonds is 5. The van der Waals surface area contributed by atoms with Gasteiger partial charge in [0.1, 0.15) is 4.90 Å². The van der Waals surface area contributed by atoms with Crippen LogP contribution in [0, 0.1) is 0 Å². The van der Waals surface area contributed by atoms with Crippen molar-refractivity contribution in [3.05, 3.63) is 46.9 Å². The van der Waals surface area contributed by atoms with Gasteiger partial charge in [0.15, 0.2) is 0 Å². The third-order valence-corrected chi connectivity index (χ3v) is 6.99. The number of pyridine rings is 1. The Kier molecular flexibility index (Phi) is 4.90. The summed E-state index contributed by atoms with van der Waals surface area (Å²) in [6.45, 7) is 0.617. The molecule has 3 rings (SSSR count). The molecule has 0 aromatic carbocycles. The van der Waals surface area contributed by atoms with Crippen molar-refractivity contribution in [1.82, 2.24) is 9.29 Å². The summed E-state index contributed by atoms with van der Waals surface area (Å²) in [5.74, 6) is 0. The number of thiophene rings is 1. The fourth-order valence-electron chi connectivity index (χ4n) is 2.98. The van der Waals surface area contributed by atoms with Gasteiger partial charge < -0.3 is 0 Å². The fraction of sp³-hybridized carbons (Fsp3) is 0.438. The van der Waals surface area contributed by atoms with E-state index < -0.39 is 10.0 Å². The highest BCUT2D eigenvalue weighted by Gasteiger charge is 2.33. The molecule has 6 heteroatoms. The lowest BCUT2D eigenvalue weighted by atomic mass is 10.0. The van der Waals surface area contributed by atoms with Gasteiger partial charge in [0.05, 0.1) is 0 Å². The van der Waals surface area contributed by atoms with Crippen LogP contribution < -0.4 is 0 Å². The van der Waals surface area contributed by atoms with Crippen LogP contribution in [0.25, 0.3) is 0 Å². The van der Waals surface area contributed by atoms with Crippen LogP contribution in [-0.4, -0.2) is 30.3 Å². The van der Waals surface area contributed by atoms with E-state index in [2.05, 4.69) is 16.4 Å². The Morgan fingerprint density at radius 3 is 2.91 bits per heavy atom. The van der Waals surface area contributed by atoms with Gasteiger partial charge in [0, 0.05) is 29.9 Å². The Morgan fingerprint density at radius 2 is 2.18 bits per heavy atom. The maximum absolute atomic E-state index is 12.8. The van der Waals surface area contributed by atoms with E-state index in [9.17, 15) is 8.42 Å². The topological polar surface area (TPSA) is 50.3 Å². The summed E-state index contributed by atoms with van der Waals surface area (Å²) in [6, 6.07) is 7.57. The molecule has 1 saturated heterocycles. The first-order valence-electron chi connectivity index (χ1n) is 7.62. The highest BCUT2D eigenvalue weighted by Crippen LogP contribution is 2.28. The zero-order valence-corrected chi connectivity index (χ0v) is 14.0. The molecule has 0 bridgehead atoms. The van der Waals surface area contributed by atoms with E-state index in [1.54, 1.807) is 34.0 Å². The van der Waals surface area contributed by atoms with Crippen LogP contribution in [0.3, 0.4) is 0 Å². The summed E-state index contributed by atoms with van der Waals surface area (Å²) in [5.41, 5.74) is 0. The molecule has 1 fully saturated rings. The first-order valence-corrected chi connectivity index (χ1v) is 9.94. The lowest BCUT2D eigenvalue weighted by molar-refractivity contribution is 0.241. The molecule has 2 aromatic heterocycles. The fourth-order valence-corrected chi connectivity index (χ4v) is 5.39. The number of piperidine rings is 1. The molecule has 4 nitrogen and oxygen atoms in total. The summed E-state index contributed by atoms with van der Waals surface area (Å²) in [5, 5.41) is 2.07. The first kappa shape index (κ1) is 15.6. The van der Waals surface area contributed by atoms with Gasteiger partial charge in [-0.05, 0) is 49.3 Å². The predicted octanol–water partition coefficient (Wildman–Crippen LogP) is 3.32. The predicted molar refractivity (Wildman–Crippen MR) is 88.4 cm³/mol. The molecule has 0 spiro atoms. The van der Waals surface area contributed by atoms with E-state index in [0.717, 1.165) is 32.1 Å². The van der Waals surface area contributed by atoms with Crippen molar-refractivity contribution >= 4 is 21.4 Å². The highest BCUT2D eigenvalue weighted by molar-refractivity contribution is 7.89. The molecule has 0 amide bonds. The minimum Gasteiger partial charge on any atom is -0.263 e. The maximum atomic E-state index is 12.8. The summed E-state index contributed by atoms with van der Waals surface area (Å²) < 4.78 is 27.4. The second kappa shape index (κ2) is 6.89. The van der Waals surface area contributed by atoms with Crippen molar-refractivity contribution in [2.24, 2.45) is 0 Å². The number of hydrogen-bond donors (Lipinski definition) is 0. The van der Waals surface area contributed by atoms with Crippen molar-refractivity contribution in [3.8, 4) is 0 Å². The van der Waals surface area contributed by atoms with E-state index in [-0.39, 0.29) is 6.04 Å². The Hall–Kier alpha value is -1.24. The molecule has 118 valence electrons. The van der Waals surface area contributed by atoms with Gasteiger partial charge in [-0.3, -0.25) is 4.98 Å². The normalized spacial score (nSPS) is 20.1. The van der Waals surface area contributed by atoms with Crippen LogP contribution in [-0.2, 0) is 16.4 Å². The Bertz CT molecular complexity index is 684. The summed E-state index contributed by atoms with van der Waals surface area (Å²) in [6.07, 6.45) is 7.87. The Balaban J connectivity index is 1.77. The summed E-state index contributed by atoms with van der Waals surface area (Å²) >= 11 is 1.74. The third kappa shape index (κ3) is 3.39. The van der Waals surface area contributed by atoms with E-state index in [1.807, 2.05) is 6.07 Å². The monoisotopic (exact) mass is 336 g/mol. The smallest absolute Gasteiger partial charge is 0.244 e. The van der Waals surface area contributed by atoms with Crippen LogP contribution in [0.2, 0.25) is 0 Å². The molecule has 1 atom stereocenters. The molecule has 1 aliphatic heterocycles. The van der Waals surface area contributed by atoms with Crippen molar-refractivity contribution < 1.29 is 8.42 Å². The van der Waals surface area contributed by atoms with Crippen LogP contribution in [0.4, 0.5) is 0 Å². The molecule has 2 aromatic rings. The van der Waals surface area contributed by atoms with Crippen molar-refractivity contribution in [1.29, 1.82) is 0 Å². The van der Waals surface area contributed by atoms with Crippen molar-refractivity contribution in [3.63, 3.8) is 0 Å². The van der Waals surface area contributed by atoms with Crippen molar-refractivity contribution in [2.45, 2.75) is 43.0 Å². The van der Waals surface area contributed by atoms with Gasteiger partial charge in [-0.15, -0.1) is 11.3 Å². The largest absolute Gasteiger partial charge is 0.263 e. The molecule has 0 aliphatic carbocycles. The second-order valence-electron chi connectivity index (χ2n) is 5.57. The number of aromatic nitrogens is 1. The standard InChI is InChI=1S/C16H20N2O2S2/c19-22(20,16-7-3-10-17-13-16)18-11-2-1-5-14(18)8-9-15-6-4-12-21-15/h3-4,6-7,10,12-14H,1-2,5,8-9,11H2/t14-/m1/s1. The first-order chi connectivity index (χ1) is 10.7. The van der Waals surface area contributed by atoms with Gasteiger partial charge in [0.2, 0.25) is 10.0 Å². The minimum absolute atomic E-state index is 0.0982. The Morgan fingerprint density at radius 1 is 1.27 bits per heavy atom. The van der Waals surface area contributed by atoms with Crippen LogP contribution >= 0.6 is 11.3 Å². The quantitative estimate of drug-likeness (QED) is 0.841. The number of nitrogens with zero attached hydrogens (tertiary/aromatic N) is 2. The van der Waals surface area contributed by atoms with E-state index in [4.69, 9.17) is 0 Å². The van der Waals surface area contributed by atoms with Crippen molar-refractivity contribution in [2.75, 3.05) is 6.54 Å². The molecule has 0 unspecified atom stereocenters. The number of sulfonamides is 1. The zero-order chi connectivity index (χ0) is 15.4. The Labute approximate surface area is 135 Å². The molecule has 0 N–H and O–H groups in total. The number of hydrogen-bond acceptors (Lipinski definition) is 4. The van der Waals surface area contributed by atoms with Gasteiger partial charge in [-0.1, -0.05) is 12.5 Å². The lowest BCUT2D eigenvalue weighted by Crippen LogP contribution is -2.43. The summed E-state index contributed by atoms with van der Waals surface area (Å²) in [7, 11) is -3.43. The van der Waals surface area contributed by atoms with Gasteiger partial charge in [-0.2, -0.15) is 4.31 Å². The molecule has 1 aliphatic rings.